The largest absolute Gasteiger partial charge is 0.347 e. The van der Waals surface area contributed by atoms with E-state index in [9.17, 15) is 0 Å². The fourth-order valence-electron chi connectivity index (χ4n) is 1.20. The fraction of sp³-hybridized carbons (Fsp3) is 0.273. The Morgan fingerprint density at radius 3 is 2.69 bits per heavy atom. The van der Waals surface area contributed by atoms with Gasteiger partial charge >= 0.3 is 0 Å². The SMILES string of the molecule is Cc1nnc(NCc2ccccn2)nc1C. The van der Waals surface area contributed by atoms with Crippen molar-refractivity contribution in [2.75, 3.05) is 5.32 Å². The monoisotopic (exact) mass is 215 g/mol. The van der Waals surface area contributed by atoms with Crippen molar-refractivity contribution in [1.29, 1.82) is 0 Å². The second kappa shape index (κ2) is 4.65. The van der Waals surface area contributed by atoms with Crippen LogP contribution in [0.2, 0.25) is 0 Å². The summed E-state index contributed by atoms with van der Waals surface area (Å²) in [7, 11) is 0. The number of hydrogen-bond acceptors (Lipinski definition) is 5. The number of aromatic nitrogens is 4. The first-order valence-electron chi connectivity index (χ1n) is 5.07. The lowest BCUT2D eigenvalue weighted by atomic mass is 10.3. The molecule has 0 saturated carbocycles. The van der Waals surface area contributed by atoms with Gasteiger partial charge < -0.3 is 5.32 Å². The van der Waals surface area contributed by atoms with E-state index < -0.39 is 0 Å². The minimum absolute atomic E-state index is 0.536. The first kappa shape index (κ1) is 10.5. The van der Waals surface area contributed by atoms with E-state index in [1.165, 1.54) is 0 Å². The highest BCUT2D eigenvalue weighted by Gasteiger charge is 2.00. The molecule has 2 heterocycles. The number of rotatable bonds is 3. The van der Waals surface area contributed by atoms with Gasteiger partial charge in [-0.25, -0.2) is 4.98 Å². The summed E-state index contributed by atoms with van der Waals surface area (Å²) in [5, 5.41) is 11.0. The summed E-state index contributed by atoms with van der Waals surface area (Å²) in [4.78, 5) is 8.47. The van der Waals surface area contributed by atoms with E-state index in [0.717, 1.165) is 17.1 Å². The summed E-state index contributed by atoms with van der Waals surface area (Å²) in [6.07, 6.45) is 1.76. The molecule has 82 valence electrons. The molecular weight excluding hydrogens is 202 g/mol. The summed E-state index contributed by atoms with van der Waals surface area (Å²) in [6.45, 7) is 4.40. The molecule has 0 amide bonds. The maximum Gasteiger partial charge on any atom is 0.243 e. The molecule has 16 heavy (non-hydrogen) atoms. The topological polar surface area (TPSA) is 63.6 Å². The van der Waals surface area contributed by atoms with Crippen LogP contribution in [0.3, 0.4) is 0 Å². The highest BCUT2D eigenvalue weighted by Crippen LogP contribution is 2.03. The zero-order valence-electron chi connectivity index (χ0n) is 9.31. The normalized spacial score (nSPS) is 10.1. The van der Waals surface area contributed by atoms with Gasteiger partial charge in [0.1, 0.15) is 0 Å². The molecule has 2 aromatic heterocycles. The molecule has 2 aromatic rings. The first-order valence-corrected chi connectivity index (χ1v) is 5.07. The van der Waals surface area contributed by atoms with Gasteiger partial charge in [-0.1, -0.05) is 6.07 Å². The van der Waals surface area contributed by atoms with E-state index in [1.807, 2.05) is 32.0 Å². The van der Waals surface area contributed by atoms with Crippen LogP contribution in [0.25, 0.3) is 0 Å². The summed E-state index contributed by atoms with van der Waals surface area (Å²) in [5.74, 6) is 0.536. The van der Waals surface area contributed by atoms with Gasteiger partial charge in [0.25, 0.3) is 0 Å². The van der Waals surface area contributed by atoms with Gasteiger partial charge in [0.15, 0.2) is 0 Å². The molecule has 0 spiro atoms. The molecular formula is C11H13N5. The van der Waals surface area contributed by atoms with E-state index in [-0.39, 0.29) is 0 Å². The average molecular weight is 215 g/mol. The van der Waals surface area contributed by atoms with E-state index >= 15 is 0 Å². The maximum absolute atomic E-state index is 4.28. The molecule has 0 radical (unpaired) electrons. The van der Waals surface area contributed by atoms with Crippen LogP contribution in [-0.2, 0) is 6.54 Å². The summed E-state index contributed by atoms with van der Waals surface area (Å²) >= 11 is 0. The van der Waals surface area contributed by atoms with Gasteiger partial charge in [0.2, 0.25) is 5.95 Å². The third-order valence-electron chi connectivity index (χ3n) is 2.25. The van der Waals surface area contributed by atoms with Crippen LogP contribution in [0, 0.1) is 13.8 Å². The summed E-state index contributed by atoms with van der Waals surface area (Å²) in [5.41, 5.74) is 2.69. The fourth-order valence-corrected chi connectivity index (χ4v) is 1.20. The third-order valence-corrected chi connectivity index (χ3v) is 2.25. The predicted octanol–water partition coefficient (Wildman–Crippen LogP) is 1.50. The Morgan fingerprint density at radius 1 is 1.12 bits per heavy atom. The second-order valence-electron chi connectivity index (χ2n) is 3.48. The Kier molecular flexibility index (Phi) is 3.05. The van der Waals surface area contributed by atoms with Crippen LogP contribution in [0.1, 0.15) is 17.1 Å². The number of pyridine rings is 1. The first-order chi connectivity index (χ1) is 7.75. The molecule has 0 aliphatic carbocycles. The molecule has 0 saturated heterocycles. The lowest BCUT2D eigenvalue weighted by molar-refractivity contribution is 0.879. The van der Waals surface area contributed by atoms with Gasteiger partial charge in [-0.2, -0.15) is 5.10 Å². The van der Waals surface area contributed by atoms with Crippen LogP contribution >= 0.6 is 0 Å². The lowest BCUT2D eigenvalue weighted by Gasteiger charge is -2.04. The number of anilines is 1. The Hall–Kier alpha value is -2.04. The second-order valence-corrected chi connectivity index (χ2v) is 3.48. The average Bonchev–Trinajstić information content (AvgIpc) is 2.32. The summed E-state index contributed by atoms with van der Waals surface area (Å²) < 4.78 is 0. The molecule has 5 heteroatoms. The number of aryl methyl sites for hydroxylation is 2. The Balaban J connectivity index is 2.03. The number of nitrogens with one attached hydrogen (secondary N) is 1. The van der Waals surface area contributed by atoms with E-state index in [1.54, 1.807) is 6.20 Å². The molecule has 0 atom stereocenters. The van der Waals surface area contributed by atoms with E-state index in [2.05, 4.69) is 25.5 Å². The molecule has 0 aromatic carbocycles. The maximum atomic E-state index is 4.28. The Morgan fingerprint density at radius 2 is 2.00 bits per heavy atom. The standard InChI is InChI=1S/C11H13N5/c1-8-9(2)15-16-11(14-8)13-7-10-5-3-4-6-12-10/h3-6H,7H2,1-2H3,(H,13,14,16). The molecule has 1 N–H and O–H groups in total. The van der Waals surface area contributed by atoms with Crippen LogP contribution in [0.15, 0.2) is 24.4 Å². The van der Waals surface area contributed by atoms with Crippen molar-refractivity contribution in [3.63, 3.8) is 0 Å². The minimum atomic E-state index is 0.536. The van der Waals surface area contributed by atoms with Crippen LogP contribution in [-0.4, -0.2) is 20.2 Å². The van der Waals surface area contributed by atoms with Crippen molar-refractivity contribution in [1.82, 2.24) is 20.2 Å². The van der Waals surface area contributed by atoms with Crippen LogP contribution < -0.4 is 5.32 Å². The van der Waals surface area contributed by atoms with Crippen molar-refractivity contribution in [3.8, 4) is 0 Å². The van der Waals surface area contributed by atoms with Gasteiger partial charge in [0.05, 0.1) is 23.6 Å². The van der Waals surface area contributed by atoms with Crippen LogP contribution in [0.4, 0.5) is 5.95 Å². The number of hydrogen-bond donors (Lipinski definition) is 1. The van der Waals surface area contributed by atoms with Crippen molar-refractivity contribution in [2.24, 2.45) is 0 Å². The molecule has 0 fully saturated rings. The molecule has 0 aliphatic rings. The van der Waals surface area contributed by atoms with Gasteiger partial charge in [0, 0.05) is 6.20 Å². The zero-order chi connectivity index (χ0) is 11.4. The van der Waals surface area contributed by atoms with Crippen molar-refractivity contribution in [2.45, 2.75) is 20.4 Å². The summed E-state index contributed by atoms with van der Waals surface area (Å²) in [6, 6.07) is 5.78. The smallest absolute Gasteiger partial charge is 0.243 e. The Labute approximate surface area is 94.0 Å². The molecule has 5 nitrogen and oxygen atoms in total. The third kappa shape index (κ3) is 2.50. The number of nitrogens with zero attached hydrogens (tertiary/aromatic N) is 4. The highest BCUT2D eigenvalue weighted by atomic mass is 15.2. The Bertz CT molecular complexity index is 469. The van der Waals surface area contributed by atoms with E-state index in [0.29, 0.717) is 12.5 Å². The van der Waals surface area contributed by atoms with Gasteiger partial charge in [-0.15, -0.1) is 5.10 Å². The zero-order valence-corrected chi connectivity index (χ0v) is 9.31. The van der Waals surface area contributed by atoms with Crippen LogP contribution in [0.5, 0.6) is 0 Å². The van der Waals surface area contributed by atoms with Gasteiger partial charge in [-0.3, -0.25) is 4.98 Å². The quantitative estimate of drug-likeness (QED) is 0.840. The van der Waals surface area contributed by atoms with E-state index in [4.69, 9.17) is 0 Å². The molecule has 0 aliphatic heterocycles. The minimum Gasteiger partial charge on any atom is -0.347 e. The molecule has 0 unspecified atom stereocenters. The molecule has 0 bridgehead atoms. The van der Waals surface area contributed by atoms with Gasteiger partial charge in [-0.05, 0) is 26.0 Å². The van der Waals surface area contributed by atoms with Crippen molar-refractivity contribution >= 4 is 5.95 Å². The predicted molar refractivity (Wildman–Crippen MR) is 60.9 cm³/mol. The highest BCUT2D eigenvalue weighted by molar-refractivity contribution is 5.25. The van der Waals surface area contributed by atoms with Crippen molar-refractivity contribution in [3.05, 3.63) is 41.5 Å². The van der Waals surface area contributed by atoms with Crippen molar-refractivity contribution < 1.29 is 0 Å². The lowest BCUT2D eigenvalue weighted by Crippen LogP contribution is -2.07. The molecule has 2 rings (SSSR count).